The zero-order valence-electron chi connectivity index (χ0n) is 15.9. The maximum atomic E-state index is 13.8. The Balaban J connectivity index is 1.85. The number of amidine groups is 1. The Morgan fingerprint density at radius 3 is 2.66 bits per heavy atom. The highest BCUT2D eigenvalue weighted by molar-refractivity contribution is 7.90. The standard InChI is InChI=1S/C20H21F2N3O3S/c1-25-12-4-2-3-11-18(25)24-29(27,28)15-8-5-7-14(13-15)23-20(26)16-9-6-10-17(21)19(16)22/h5-10,13H,2-4,11-12H2,1H3,(H,23,26)/b24-18+. The molecular formula is C20H21F2N3O3S. The van der Waals surface area contributed by atoms with E-state index in [-0.39, 0.29) is 10.6 Å². The van der Waals surface area contributed by atoms with Gasteiger partial charge in [0.1, 0.15) is 5.84 Å². The number of carbonyl (C=O) groups excluding carboxylic acids is 1. The predicted molar refractivity (Wildman–Crippen MR) is 106 cm³/mol. The van der Waals surface area contributed by atoms with Gasteiger partial charge in [0.25, 0.3) is 15.9 Å². The van der Waals surface area contributed by atoms with Crippen molar-refractivity contribution in [2.45, 2.75) is 30.6 Å². The van der Waals surface area contributed by atoms with E-state index >= 15 is 0 Å². The third-order valence-corrected chi connectivity index (χ3v) is 5.95. The van der Waals surface area contributed by atoms with Crippen LogP contribution in [0.5, 0.6) is 0 Å². The van der Waals surface area contributed by atoms with Crippen LogP contribution in [0, 0.1) is 11.6 Å². The second kappa shape index (κ2) is 8.69. The number of hydrogen-bond acceptors (Lipinski definition) is 3. The molecule has 29 heavy (non-hydrogen) atoms. The third-order valence-electron chi connectivity index (χ3n) is 4.65. The van der Waals surface area contributed by atoms with E-state index in [9.17, 15) is 22.0 Å². The SMILES string of the molecule is CN1CCCCC/C1=N\S(=O)(=O)c1cccc(NC(=O)c2cccc(F)c2F)c1. The van der Waals surface area contributed by atoms with Crippen LogP contribution < -0.4 is 5.32 Å². The van der Waals surface area contributed by atoms with Crippen molar-refractivity contribution < 1.29 is 22.0 Å². The quantitative estimate of drug-likeness (QED) is 0.814. The van der Waals surface area contributed by atoms with Gasteiger partial charge in [0.05, 0.1) is 10.5 Å². The highest BCUT2D eigenvalue weighted by Gasteiger charge is 2.20. The van der Waals surface area contributed by atoms with Gasteiger partial charge in [-0.3, -0.25) is 4.79 Å². The molecule has 1 fully saturated rings. The van der Waals surface area contributed by atoms with Gasteiger partial charge in [0.15, 0.2) is 11.6 Å². The average Bonchev–Trinajstić information content (AvgIpc) is 2.88. The summed E-state index contributed by atoms with van der Waals surface area (Å²) in [5.41, 5.74) is -0.340. The molecule has 1 heterocycles. The third kappa shape index (κ3) is 4.97. The molecule has 1 saturated heterocycles. The smallest absolute Gasteiger partial charge is 0.284 e. The molecule has 0 radical (unpaired) electrons. The minimum Gasteiger partial charge on any atom is -0.362 e. The number of hydrogen-bond donors (Lipinski definition) is 1. The van der Waals surface area contributed by atoms with Crippen LogP contribution in [0.2, 0.25) is 0 Å². The Hall–Kier alpha value is -2.81. The molecule has 1 aliphatic rings. The van der Waals surface area contributed by atoms with Gasteiger partial charge in [-0.05, 0) is 43.2 Å². The van der Waals surface area contributed by atoms with E-state index in [1.54, 1.807) is 0 Å². The van der Waals surface area contributed by atoms with Gasteiger partial charge < -0.3 is 10.2 Å². The minimum absolute atomic E-state index is 0.0971. The molecular weight excluding hydrogens is 400 g/mol. The Labute approximate surface area is 168 Å². The first-order valence-corrected chi connectivity index (χ1v) is 10.6. The van der Waals surface area contributed by atoms with E-state index in [0.717, 1.165) is 37.9 Å². The molecule has 0 unspecified atom stereocenters. The van der Waals surface area contributed by atoms with Crippen LogP contribution >= 0.6 is 0 Å². The highest BCUT2D eigenvalue weighted by atomic mass is 32.2. The molecule has 0 bridgehead atoms. The summed E-state index contributed by atoms with van der Waals surface area (Å²) in [6.45, 7) is 0.740. The predicted octanol–water partition coefficient (Wildman–Crippen LogP) is 3.81. The molecule has 0 saturated carbocycles. The Bertz CT molecular complexity index is 1050. The molecule has 1 aliphatic heterocycles. The number of likely N-dealkylation sites (tertiary alicyclic amines) is 1. The molecule has 0 spiro atoms. The zero-order chi connectivity index (χ0) is 21.0. The van der Waals surface area contributed by atoms with Crippen LogP contribution in [-0.4, -0.2) is 38.7 Å². The summed E-state index contributed by atoms with van der Waals surface area (Å²) in [6, 6.07) is 8.78. The first-order chi connectivity index (χ1) is 13.8. The number of nitrogens with one attached hydrogen (secondary N) is 1. The van der Waals surface area contributed by atoms with Crippen LogP contribution in [0.1, 0.15) is 36.0 Å². The van der Waals surface area contributed by atoms with Gasteiger partial charge in [0.2, 0.25) is 0 Å². The fraction of sp³-hybridized carbons (Fsp3) is 0.300. The lowest BCUT2D eigenvalue weighted by atomic mass is 10.2. The number of carbonyl (C=O) groups is 1. The Morgan fingerprint density at radius 1 is 1.10 bits per heavy atom. The second-order valence-electron chi connectivity index (χ2n) is 6.80. The number of anilines is 1. The highest BCUT2D eigenvalue weighted by Crippen LogP contribution is 2.21. The molecule has 9 heteroatoms. The van der Waals surface area contributed by atoms with Crippen LogP contribution in [0.3, 0.4) is 0 Å². The normalized spacial score (nSPS) is 16.5. The van der Waals surface area contributed by atoms with Crippen molar-refractivity contribution in [1.82, 2.24) is 4.90 Å². The van der Waals surface area contributed by atoms with E-state index in [2.05, 4.69) is 9.71 Å². The number of rotatable bonds is 4. The molecule has 2 aromatic carbocycles. The largest absolute Gasteiger partial charge is 0.362 e. The minimum atomic E-state index is -3.99. The van der Waals surface area contributed by atoms with Crippen LogP contribution in [0.4, 0.5) is 14.5 Å². The summed E-state index contributed by atoms with van der Waals surface area (Å²) >= 11 is 0. The maximum absolute atomic E-state index is 13.8. The molecule has 2 aromatic rings. The van der Waals surface area contributed by atoms with Crippen molar-refractivity contribution in [2.75, 3.05) is 18.9 Å². The van der Waals surface area contributed by atoms with Crippen LogP contribution in [-0.2, 0) is 10.0 Å². The second-order valence-corrected chi connectivity index (χ2v) is 8.40. The fourth-order valence-electron chi connectivity index (χ4n) is 3.05. The topological polar surface area (TPSA) is 78.8 Å². The van der Waals surface area contributed by atoms with Gasteiger partial charge >= 0.3 is 0 Å². The molecule has 6 nitrogen and oxygen atoms in total. The summed E-state index contributed by atoms with van der Waals surface area (Å²) in [5, 5.41) is 2.39. The van der Waals surface area contributed by atoms with Crippen molar-refractivity contribution in [3.63, 3.8) is 0 Å². The first-order valence-electron chi connectivity index (χ1n) is 9.18. The summed E-state index contributed by atoms with van der Waals surface area (Å²) in [4.78, 5) is 14.0. The van der Waals surface area contributed by atoms with Crippen LogP contribution in [0.15, 0.2) is 51.8 Å². The summed E-state index contributed by atoms with van der Waals surface area (Å²) in [5.74, 6) is -2.79. The van der Waals surface area contributed by atoms with Crippen molar-refractivity contribution in [3.05, 3.63) is 59.7 Å². The van der Waals surface area contributed by atoms with Crippen LogP contribution in [0.25, 0.3) is 0 Å². The number of nitrogens with zero attached hydrogens (tertiary/aromatic N) is 2. The molecule has 1 N–H and O–H groups in total. The van der Waals surface area contributed by atoms with Gasteiger partial charge in [-0.2, -0.15) is 8.42 Å². The van der Waals surface area contributed by atoms with Crippen molar-refractivity contribution >= 4 is 27.5 Å². The number of halogens is 2. The Kier molecular flexibility index (Phi) is 6.26. The molecule has 3 rings (SSSR count). The van der Waals surface area contributed by atoms with E-state index in [1.807, 2.05) is 11.9 Å². The fourth-order valence-corrected chi connectivity index (χ4v) is 4.19. The lowest BCUT2D eigenvalue weighted by Crippen LogP contribution is -2.26. The van der Waals surface area contributed by atoms with E-state index in [4.69, 9.17) is 0 Å². The lowest BCUT2D eigenvalue weighted by molar-refractivity contribution is 0.102. The van der Waals surface area contributed by atoms with E-state index < -0.39 is 33.1 Å². The molecule has 0 aromatic heterocycles. The van der Waals surface area contributed by atoms with Gasteiger partial charge in [-0.1, -0.05) is 18.6 Å². The summed E-state index contributed by atoms with van der Waals surface area (Å²) < 4.78 is 56.6. The molecule has 0 aliphatic carbocycles. The molecule has 0 atom stereocenters. The van der Waals surface area contributed by atoms with E-state index in [1.165, 1.54) is 30.3 Å². The van der Waals surface area contributed by atoms with E-state index in [0.29, 0.717) is 12.3 Å². The van der Waals surface area contributed by atoms with Crippen molar-refractivity contribution in [3.8, 4) is 0 Å². The monoisotopic (exact) mass is 421 g/mol. The number of amides is 1. The number of benzene rings is 2. The number of sulfonamides is 1. The Morgan fingerprint density at radius 2 is 1.86 bits per heavy atom. The van der Waals surface area contributed by atoms with Gasteiger partial charge in [-0.25, -0.2) is 8.78 Å². The van der Waals surface area contributed by atoms with Crippen molar-refractivity contribution in [1.29, 1.82) is 0 Å². The summed E-state index contributed by atoms with van der Waals surface area (Å²) in [6.07, 6.45) is 3.44. The van der Waals surface area contributed by atoms with Gasteiger partial charge in [0, 0.05) is 25.7 Å². The molecule has 1 amide bonds. The zero-order valence-corrected chi connectivity index (χ0v) is 16.7. The summed E-state index contributed by atoms with van der Waals surface area (Å²) in [7, 11) is -2.18. The maximum Gasteiger partial charge on any atom is 0.284 e. The molecule has 154 valence electrons. The van der Waals surface area contributed by atoms with Gasteiger partial charge in [-0.15, -0.1) is 4.40 Å². The lowest BCUT2D eigenvalue weighted by Gasteiger charge is -2.17. The first kappa shape index (κ1) is 20.9. The van der Waals surface area contributed by atoms with Crippen molar-refractivity contribution in [2.24, 2.45) is 4.40 Å². The average molecular weight is 421 g/mol.